The van der Waals surface area contributed by atoms with Crippen LogP contribution in [0.1, 0.15) is 11.1 Å². The van der Waals surface area contributed by atoms with Gasteiger partial charge in [0.1, 0.15) is 0 Å². The maximum absolute atomic E-state index is 9.65. The van der Waals surface area contributed by atoms with Gasteiger partial charge in [-0.25, -0.2) is 0 Å². The Kier molecular flexibility index (Phi) is 4.94. The molecule has 0 aromatic heterocycles. The van der Waals surface area contributed by atoms with Crippen LogP contribution in [0.15, 0.2) is 35.4 Å². The van der Waals surface area contributed by atoms with Crippen molar-refractivity contribution in [3.8, 4) is 11.5 Å². The number of nitrogens with one attached hydrogen (secondary N) is 1. The molecule has 0 saturated heterocycles. The predicted molar refractivity (Wildman–Crippen MR) is 87.1 cm³/mol. The van der Waals surface area contributed by atoms with Gasteiger partial charge in [0, 0.05) is 5.02 Å². The van der Waals surface area contributed by atoms with Crippen molar-refractivity contribution >= 4 is 35.1 Å². The minimum Gasteiger partial charge on any atom is -0.503 e. The lowest BCUT2D eigenvalue weighted by molar-refractivity contribution is 0.373. The Hall–Kier alpha value is -1.91. The number of aromatic hydroxyl groups is 1. The fourth-order valence-electron chi connectivity index (χ4n) is 1.67. The molecule has 0 bridgehead atoms. The van der Waals surface area contributed by atoms with E-state index in [4.69, 9.17) is 27.9 Å². The Bertz CT molecular complexity index is 688. The molecule has 0 heterocycles. The summed E-state index contributed by atoms with van der Waals surface area (Å²) in [6, 6.07) is 8.80. The van der Waals surface area contributed by atoms with Gasteiger partial charge < -0.3 is 9.84 Å². The Balaban J connectivity index is 2.14. The lowest BCUT2D eigenvalue weighted by Gasteiger charge is -2.06. The minimum atomic E-state index is -0.0883. The highest BCUT2D eigenvalue weighted by atomic mass is 35.5. The van der Waals surface area contributed by atoms with E-state index >= 15 is 0 Å². The lowest BCUT2D eigenvalue weighted by atomic mass is 10.2. The van der Waals surface area contributed by atoms with Crippen molar-refractivity contribution in [1.82, 2.24) is 0 Å². The average Bonchev–Trinajstić information content (AvgIpc) is 2.46. The molecular formula is C15H14Cl2N2O2. The zero-order valence-corrected chi connectivity index (χ0v) is 13.0. The standard InChI is InChI=1S/C15H14Cl2N2O2/c1-9-3-4-11(7-12(9)16)19-18-8-10-5-13(17)15(20)14(6-10)21-2/h3-8,19-20H,1-2H3. The highest BCUT2D eigenvalue weighted by molar-refractivity contribution is 6.32. The van der Waals surface area contributed by atoms with Crippen LogP contribution >= 0.6 is 23.2 Å². The van der Waals surface area contributed by atoms with Crippen molar-refractivity contribution in [3.63, 3.8) is 0 Å². The zero-order valence-electron chi connectivity index (χ0n) is 11.5. The third-order valence-electron chi connectivity index (χ3n) is 2.85. The monoisotopic (exact) mass is 324 g/mol. The number of anilines is 1. The van der Waals surface area contributed by atoms with E-state index in [1.165, 1.54) is 7.11 Å². The van der Waals surface area contributed by atoms with Crippen LogP contribution in [0.4, 0.5) is 5.69 Å². The second-order valence-corrected chi connectivity index (χ2v) is 5.20. The molecule has 0 unspecified atom stereocenters. The first-order valence-corrected chi connectivity index (χ1v) is 6.88. The van der Waals surface area contributed by atoms with Gasteiger partial charge in [-0.1, -0.05) is 29.3 Å². The normalized spacial score (nSPS) is 10.9. The SMILES string of the molecule is COc1cc(C=NNc2ccc(C)c(Cl)c2)cc(Cl)c1O. The first-order chi connectivity index (χ1) is 10.0. The number of methoxy groups -OCH3 is 1. The molecule has 2 aromatic carbocycles. The number of rotatable bonds is 4. The molecule has 2 N–H and O–H groups in total. The molecular weight excluding hydrogens is 311 g/mol. The number of aryl methyl sites for hydroxylation is 1. The first-order valence-electron chi connectivity index (χ1n) is 6.13. The quantitative estimate of drug-likeness (QED) is 0.644. The molecule has 4 nitrogen and oxygen atoms in total. The maximum atomic E-state index is 9.65. The van der Waals surface area contributed by atoms with E-state index < -0.39 is 0 Å². The number of phenolic OH excluding ortho intramolecular Hbond substituents is 1. The second-order valence-electron chi connectivity index (χ2n) is 4.39. The van der Waals surface area contributed by atoms with E-state index in [0.717, 1.165) is 11.3 Å². The van der Waals surface area contributed by atoms with Gasteiger partial charge in [-0.15, -0.1) is 0 Å². The summed E-state index contributed by atoms with van der Waals surface area (Å²) in [6.45, 7) is 1.93. The molecule has 0 aliphatic carbocycles. The smallest absolute Gasteiger partial charge is 0.176 e. The third-order valence-corrected chi connectivity index (χ3v) is 3.55. The van der Waals surface area contributed by atoms with Crippen molar-refractivity contribution in [1.29, 1.82) is 0 Å². The number of hydrogen-bond acceptors (Lipinski definition) is 4. The van der Waals surface area contributed by atoms with Crippen LogP contribution in [0.2, 0.25) is 10.0 Å². The van der Waals surface area contributed by atoms with Crippen LogP contribution in [0.25, 0.3) is 0 Å². The fourth-order valence-corrected chi connectivity index (χ4v) is 2.07. The zero-order chi connectivity index (χ0) is 15.4. The van der Waals surface area contributed by atoms with Gasteiger partial charge in [0.15, 0.2) is 11.5 Å². The summed E-state index contributed by atoms with van der Waals surface area (Å²) in [5, 5.41) is 14.6. The Labute approximate surface area is 133 Å². The number of halogens is 2. The van der Waals surface area contributed by atoms with E-state index in [1.54, 1.807) is 24.4 Å². The Morgan fingerprint density at radius 1 is 1.19 bits per heavy atom. The second kappa shape index (κ2) is 6.70. The number of hydrazone groups is 1. The molecule has 0 atom stereocenters. The number of benzene rings is 2. The molecule has 0 aliphatic heterocycles. The topological polar surface area (TPSA) is 53.8 Å². The van der Waals surface area contributed by atoms with Gasteiger partial charge >= 0.3 is 0 Å². The molecule has 21 heavy (non-hydrogen) atoms. The van der Waals surface area contributed by atoms with Crippen molar-refractivity contribution in [2.75, 3.05) is 12.5 Å². The predicted octanol–water partition coefficient (Wildman–Crippen LogP) is 4.46. The van der Waals surface area contributed by atoms with Gasteiger partial charge in [0.05, 0.1) is 24.0 Å². The van der Waals surface area contributed by atoms with Crippen LogP contribution in [-0.4, -0.2) is 18.4 Å². The molecule has 2 rings (SSSR count). The highest BCUT2D eigenvalue weighted by Gasteiger charge is 2.07. The molecule has 110 valence electrons. The van der Waals surface area contributed by atoms with Crippen molar-refractivity contribution in [2.45, 2.75) is 6.92 Å². The van der Waals surface area contributed by atoms with E-state index in [9.17, 15) is 5.11 Å². The fraction of sp³-hybridized carbons (Fsp3) is 0.133. The third kappa shape index (κ3) is 3.80. The van der Waals surface area contributed by atoms with Crippen molar-refractivity contribution in [3.05, 3.63) is 51.5 Å². The van der Waals surface area contributed by atoms with Gasteiger partial charge in [-0.05, 0) is 42.3 Å². The van der Waals surface area contributed by atoms with E-state index in [-0.39, 0.29) is 10.8 Å². The molecule has 0 fully saturated rings. The number of hydrogen-bond donors (Lipinski definition) is 2. The summed E-state index contributed by atoms with van der Waals surface area (Å²) in [5.74, 6) is 0.205. The molecule has 0 spiro atoms. The summed E-state index contributed by atoms with van der Waals surface area (Å²) in [5.41, 5.74) is 5.34. The minimum absolute atomic E-state index is 0.0883. The molecule has 2 aromatic rings. The summed E-state index contributed by atoms with van der Waals surface area (Å²) >= 11 is 11.9. The molecule has 0 saturated carbocycles. The number of ether oxygens (including phenoxy) is 1. The van der Waals surface area contributed by atoms with Gasteiger partial charge in [0.2, 0.25) is 0 Å². The van der Waals surface area contributed by atoms with Crippen molar-refractivity contribution < 1.29 is 9.84 Å². The average molecular weight is 325 g/mol. The highest BCUT2D eigenvalue weighted by Crippen LogP contribution is 2.34. The van der Waals surface area contributed by atoms with Gasteiger partial charge in [0.25, 0.3) is 0 Å². The molecule has 0 radical (unpaired) electrons. The van der Waals surface area contributed by atoms with E-state index in [0.29, 0.717) is 16.3 Å². The van der Waals surface area contributed by atoms with Crippen LogP contribution in [0, 0.1) is 6.92 Å². The van der Waals surface area contributed by atoms with E-state index in [2.05, 4.69) is 10.5 Å². The summed E-state index contributed by atoms with van der Waals surface area (Å²) < 4.78 is 5.03. The van der Waals surface area contributed by atoms with Crippen LogP contribution in [0.3, 0.4) is 0 Å². The van der Waals surface area contributed by atoms with Crippen molar-refractivity contribution in [2.24, 2.45) is 5.10 Å². The molecule has 6 heteroatoms. The lowest BCUT2D eigenvalue weighted by Crippen LogP contribution is -1.92. The van der Waals surface area contributed by atoms with Crippen LogP contribution < -0.4 is 10.2 Å². The number of nitrogens with zero attached hydrogens (tertiary/aromatic N) is 1. The molecule has 0 aliphatic rings. The Morgan fingerprint density at radius 3 is 2.62 bits per heavy atom. The molecule has 0 amide bonds. The Morgan fingerprint density at radius 2 is 1.95 bits per heavy atom. The maximum Gasteiger partial charge on any atom is 0.176 e. The first kappa shape index (κ1) is 15.5. The van der Waals surface area contributed by atoms with Crippen LogP contribution in [0.5, 0.6) is 11.5 Å². The summed E-state index contributed by atoms with van der Waals surface area (Å²) in [7, 11) is 1.46. The summed E-state index contributed by atoms with van der Waals surface area (Å²) in [6.07, 6.45) is 1.57. The largest absolute Gasteiger partial charge is 0.503 e. The van der Waals surface area contributed by atoms with Gasteiger partial charge in [-0.2, -0.15) is 5.10 Å². The van der Waals surface area contributed by atoms with Gasteiger partial charge in [-0.3, -0.25) is 5.43 Å². The van der Waals surface area contributed by atoms with E-state index in [1.807, 2.05) is 19.1 Å². The van der Waals surface area contributed by atoms with Crippen LogP contribution in [-0.2, 0) is 0 Å². The summed E-state index contributed by atoms with van der Waals surface area (Å²) in [4.78, 5) is 0. The number of phenols is 1.